The smallest absolute Gasteiger partial charge is 0.264 e. The fourth-order valence-electron chi connectivity index (χ4n) is 2.83. The van der Waals surface area contributed by atoms with Crippen molar-refractivity contribution < 1.29 is 17.6 Å². The number of sulfone groups is 1. The Morgan fingerprint density at radius 1 is 1.04 bits per heavy atom. The zero-order valence-corrected chi connectivity index (χ0v) is 17.4. The average molecular weight is 418 g/mol. The summed E-state index contributed by atoms with van der Waals surface area (Å²) >= 11 is 1.24. The fraction of sp³-hybridized carbons (Fsp3) is 0.190. The molecule has 4 nitrogen and oxygen atoms in total. The van der Waals surface area contributed by atoms with E-state index < -0.39 is 9.84 Å². The summed E-state index contributed by atoms with van der Waals surface area (Å²) in [6.45, 7) is 1.87. The SMILES string of the molecule is C[C@@H](c1ccc(S(C)(=O)=O)cc1)N(C)C(=O)c1ccc(-c2ccccc2F)s1. The maximum absolute atomic E-state index is 14.0. The summed E-state index contributed by atoms with van der Waals surface area (Å²) < 4.78 is 37.2. The third-order valence-electron chi connectivity index (χ3n) is 4.65. The number of hydrogen-bond donors (Lipinski definition) is 0. The number of halogens is 1. The topological polar surface area (TPSA) is 54.5 Å². The van der Waals surface area contributed by atoms with Crippen LogP contribution < -0.4 is 0 Å². The van der Waals surface area contributed by atoms with Gasteiger partial charge in [0, 0.05) is 23.7 Å². The molecular weight excluding hydrogens is 397 g/mol. The number of hydrogen-bond acceptors (Lipinski definition) is 4. The van der Waals surface area contributed by atoms with E-state index >= 15 is 0 Å². The second-order valence-corrected chi connectivity index (χ2v) is 9.68. The highest BCUT2D eigenvalue weighted by molar-refractivity contribution is 7.90. The van der Waals surface area contributed by atoms with Gasteiger partial charge in [0.1, 0.15) is 5.82 Å². The van der Waals surface area contributed by atoms with Crippen LogP contribution in [-0.2, 0) is 9.84 Å². The first-order valence-corrected chi connectivity index (χ1v) is 11.3. The molecule has 0 aliphatic rings. The Bertz CT molecular complexity index is 1100. The number of amides is 1. The molecule has 2 aromatic carbocycles. The molecule has 3 rings (SSSR count). The summed E-state index contributed by atoms with van der Waals surface area (Å²) in [5.74, 6) is -0.497. The minimum atomic E-state index is -3.26. The van der Waals surface area contributed by atoms with Crippen LogP contribution in [0.3, 0.4) is 0 Å². The first-order chi connectivity index (χ1) is 13.2. The highest BCUT2D eigenvalue weighted by Crippen LogP contribution is 2.32. The lowest BCUT2D eigenvalue weighted by Gasteiger charge is -2.25. The Balaban J connectivity index is 1.80. The maximum atomic E-state index is 14.0. The van der Waals surface area contributed by atoms with Crippen LogP contribution in [-0.4, -0.2) is 32.5 Å². The lowest BCUT2D eigenvalue weighted by Crippen LogP contribution is -2.29. The number of benzene rings is 2. The molecule has 1 aromatic heterocycles. The number of carbonyl (C=O) groups excluding carboxylic acids is 1. The third-order valence-corrected chi connectivity index (χ3v) is 6.88. The van der Waals surface area contributed by atoms with Crippen LogP contribution >= 0.6 is 11.3 Å². The molecule has 3 aromatic rings. The summed E-state index contributed by atoms with van der Waals surface area (Å²) in [6, 6.07) is 16.2. The van der Waals surface area contributed by atoms with Crippen molar-refractivity contribution in [1.82, 2.24) is 4.90 Å². The van der Waals surface area contributed by atoms with E-state index in [0.29, 0.717) is 15.3 Å². The number of carbonyl (C=O) groups is 1. The van der Waals surface area contributed by atoms with Gasteiger partial charge in [-0.05, 0) is 42.8 Å². The van der Waals surface area contributed by atoms with E-state index in [9.17, 15) is 17.6 Å². The predicted molar refractivity (Wildman–Crippen MR) is 110 cm³/mol. The van der Waals surface area contributed by atoms with Crippen LogP contribution in [0.1, 0.15) is 28.2 Å². The quantitative estimate of drug-likeness (QED) is 0.600. The van der Waals surface area contributed by atoms with Crippen LogP contribution in [0.2, 0.25) is 0 Å². The Hall–Kier alpha value is -2.51. The molecule has 146 valence electrons. The normalized spacial score (nSPS) is 12.6. The monoisotopic (exact) mass is 417 g/mol. The zero-order valence-electron chi connectivity index (χ0n) is 15.7. The van der Waals surface area contributed by atoms with E-state index in [1.807, 2.05) is 6.92 Å². The lowest BCUT2D eigenvalue weighted by molar-refractivity contribution is 0.0747. The summed E-state index contributed by atoms with van der Waals surface area (Å²) in [6.07, 6.45) is 1.16. The van der Waals surface area contributed by atoms with Crippen molar-refractivity contribution in [2.45, 2.75) is 17.9 Å². The highest BCUT2D eigenvalue weighted by Gasteiger charge is 2.21. The van der Waals surface area contributed by atoms with Gasteiger partial charge in [-0.1, -0.05) is 30.3 Å². The molecule has 1 atom stereocenters. The van der Waals surface area contributed by atoms with Gasteiger partial charge in [-0.15, -0.1) is 11.3 Å². The molecular formula is C21H20FNO3S2. The molecule has 0 unspecified atom stereocenters. The molecule has 0 bridgehead atoms. The van der Waals surface area contributed by atoms with Gasteiger partial charge in [-0.2, -0.15) is 0 Å². The molecule has 0 saturated heterocycles. The summed E-state index contributed by atoms with van der Waals surface area (Å²) in [5.41, 5.74) is 1.30. The molecule has 0 aliphatic heterocycles. The Morgan fingerprint density at radius 2 is 1.68 bits per heavy atom. The molecule has 1 heterocycles. The van der Waals surface area contributed by atoms with E-state index in [1.54, 1.807) is 66.5 Å². The minimum absolute atomic E-state index is 0.174. The molecule has 0 radical (unpaired) electrons. The van der Waals surface area contributed by atoms with Gasteiger partial charge in [0.25, 0.3) is 5.91 Å². The van der Waals surface area contributed by atoms with Crippen molar-refractivity contribution in [2.24, 2.45) is 0 Å². The van der Waals surface area contributed by atoms with Crippen molar-refractivity contribution in [3.05, 3.63) is 76.9 Å². The lowest BCUT2D eigenvalue weighted by atomic mass is 10.1. The van der Waals surface area contributed by atoms with Crippen LogP contribution in [0.25, 0.3) is 10.4 Å². The Morgan fingerprint density at radius 3 is 2.29 bits per heavy atom. The van der Waals surface area contributed by atoms with Crippen molar-refractivity contribution in [1.29, 1.82) is 0 Å². The second-order valence-electron chi connectivity index (χ2n) is 6.58. The average Bonchev–Trinajstić information content (AvgIpc) is 3.16. The summed E-state index contributed by atoms with van der Waals surface area (Å²) in [4.78, 5) is 15.9. The highest BCUT2D eigenvalue weighted by atomic mass is 32.2. The van der Waals surface area contributed by atoms with Gasteiger partial charge in [0.05, 0.1) is 15.8 Å². The molecule has 1 amide bonds. The van der Waals surface area contributed by atoms with Gasteiger partial charge in [-0.3, -0.25) is 4.79 Å². The van der Waals surface area contributed by atoms with Gasteiger partial charge < -0.3 is 4.90 Å². The van der Waals surface area contributed by atoms with Gasteiger partial charge >= 0.3 is 0 Å². The van der Waals surface area contributed by atoms with Crippen molar-refractivity contribution in [2.75, 3.05) is 13.3 Å². The maximum Gasteiger partial charge on any atom is 0.264 e. The van der Waals surface area contributed by atoms with Gasteiger partial charge in [0.15, 0.2) is 9.84 Å². The van der Waals surface area contributed by atoms with E-state index in [1.165, 1.54) is 17.4 Å². The van der Waals surface area contributed by atoms with Crippen LogP contribution in [0.4, 0.5) is 4.39 Å². The molecule has 28 heavy (non-hydrogen) atoms. The summed E-state index contributed by atoms with van der Waals surface area (Å²) in [7, 11) is -1.57. The molecule has 0 fully saturated rings. The third kappa shape index (κ3) is 4.15. The van der Waals surface area contributed by atoms with Gasteiger partial charge in [-0.25, -0.2) is 12.8 Å². The van der Waals surface area contributed by atoms with Crippen molar-refractivity contribution in [3.8, 4) is 10.4 Å². The molecule has 0 spiro atoms. The first-order valence-electron chi connectivity index (χ1n) is 8.60. The molecule has 0 aliphatic carbocycles. The van der Waals surface area contributed by atoms with Crippen LogP contribution in [0, 0.1) is 5.82 Å². The van der Waals surface area contributed by atoms with Crippen LogP contribution in [0.15, 0.2) is 65.6 Å². The Labute approximate surface area is 168 Å². The van der Waals surface area contributed by atoms with E-state index in [4.69, 9.17) is 0 Å². The molecule has 0 N–H and O–H groups in total. The molecule has 0 saturated carbocycles. The number of rotatable bonds is 5. The zero-order chi connectivity index (χ0) is 20.5. The van der Waals surface area contributed by atoms with Crippen molar-refractivity contribution >= 4 is 27.1 Å². The van der Waals surface area contributed by atoms with E-state index in [2.05, 4.69) is 0 Å². The predicted octanol–water partition coefficient (Wildman–Crippen LogP) is 4.79. The molecule has 7 heteroatoms. The van der Waals surface area contributed by atoms with E-state index in [-0.39, 0.29) is 22.7 Å². The number of thiophene rings is 1. The van der Waals surface area contributed by atoms with Crippen molar-refractivity contribution in [3.63, 3.8) is 0 Å². The van der Waals surface area contributed by atoms with Gasteiger partial charge in [0.2, 0.25) is 0 Å². The van der Waals surface area contributed by atoms with E-state index in [0.717, 1.165) is 11.8 Å². The summed E-state index contributed by atoms with van der Waals surface area (Å²) in [5, 5.41) is 0. The first kappa shape index (κ1) is 20.2. The fourth-order valence-corrected chi connectivity index (χ4v) is 4.47. The van der Waals surface area contributed by atoms with Crippen LogP contribution in [0.5, 0.6) is 0 Å². The largest absolute Gasteiger partial charge is 0.334 e. The second kappa shape index (κ2) is 7.85. The minimum Gasteiger partial charge on any atom is -0.334 e. The Kier molecular flexibility index (Phi) is 5.67. The number of nitrogens with zero attached hydrogens (tertiary/aromatic N) is 1. The standard InChI is InChI=1S/C21H20FNO3S2/c1-14(15-8-10-16(11-9-15)28(3,25)26)23(2)21(24)20-13-12-19(27-20)17-6-4-5-7-18(17)22/h4-14H,1-3H3/t14-/m0/s1.